The Labute approximate surface area is 94.4 Å². The van der Waals surface area contributed by atoms with E-state index < -0.39 is 9.05 Å². The van der Waals surface area contributed by atoms with Crippen LogP contribution >= 0.6 is 38.2 Å². The van der Waals surface area contributed by atoms with Crippen molar-refractivity contribution < 1.29 is 8.42 Å². The molecule has 6 heteroatoms. The van der Waals surface area contributed by atoms with Gasteiger partial charge in [-0.1, -0.05) is 27.5 Å². The molecule has 0 radical (unpaired) electrons. The molecular formula is C7H5BrCl2O2S. The Morgan fingerprint density at radius 2 is 1.92 bits per heavy atom. The van der Waals surface area contributed by atoms with Crippen molar-refractivity contribution in [1.82, 2.24) is 0 Å². The minimum absolute atomic E-state index is 0.0357. The summed E-state index contributed by atoms with van der Waals surface area (Å²) in [6.45, 7) is 1.65. The van der Waals surface area contributed by atoms with Gasteiger partial charge < -0.3 is 0 Å². The van der Waals surface area contributed by atoms with Crippen LogP contribution < -0.4 is 0 Å². The monoisotopic (exact) mass is 302 g/mol. The molecule has 2 nitrogen and oxygen atoms in total. The lowest BCUT2D eigenvalue weighted by Crippen LogP contribution is -1.95. The van der Waals surface area contributed by atoms with Crippen LogP contribution in [0.1, 0.15) is 5.56 Å². The van der Waals surface area contributed by atoms with Crippen LogP contribution in [0.25, 0.3) is 0 Å². The molecule has 0 atom stereocenters. The molecule has 0 heterocycles. The van der Waals surface area contributed by atoms with E-state index in [9.17, 15) is 8.42 Å². The third-order valence-corrected chi connectivity index (χ3v) is 4.01. The van der Waals surface area contributed by atoms with Gasteiger partial charge in [-0.3, -0.25) is 0 Å². The van der Waals surface area contributed by atoms with Crippen LogP contribution in [0.3, 0.4) is 0 Å². The largest absolute Gasteiger partial charge is 0.261 e. The van der Waals surface area contributed by atoms with Crippen molar-refractivity contribution in [1.29, 1.82) is 0 Å². The van der Waals surface area contributed by atoms with E-state index in [1.54, 1.807) is 13.0 Å². The molecule has 1 aromatic carbocycles. The Morgan fingerprint density at radius 1 is 1.38 bits per heavy atom. The molecule has 0 N–H and O–H groups in total. The van der Waals surface area contributed by atoms with Crippen LogP contribution in [-0.2, 0) is 9.05 Å². The SMILES string of the molecule is Cc1c(Br)cc(Cl)cc1S(=O)(=O)Cl. The highest BCUT2D eigenvalue weighted by Gasteiger charge is 2.15. The van der Waals surface area contributed by atoms with E-state index in [1.165, 1.54) is 6.07 Å². The molecule has 0 spiro atoms. The topological polar surface area (TPSA) is 34.1 Å². The summed E-state index contributed by atoms with van der Waals surface area (Å²) in [6, 6.07) is 2.94. The second-order valence-electron chi connectivity index (χ2n) is 2.45. The lowest BCUT2D eigenvalue weighted by atomic mass is 10.2. The standard InChI is InChI=1S/C7H5BrCl2O2S/c1-4-6(8)2-5(9)3-7(4)13(10,11)12/h2-3H,1H3. The van der Waals surface area contributed by atoms with Crippen molar-refractivity contribution in [2.75, 3.05) is 0 Å². The smallest absolute Gasteiger partial charge is 0.207 e. The number of hydrogen-bond acceptors (Lipinski definition) is 2. The fourth-order valence-corrected chi connectivity index (χ4v) is 3.11. The second kappa shape index (κ2) is 3.77. The first-order valence-electron chi connectivity index (χ1n) is 3.22. The highest BCUT2D eigenvalue weighted by molar-refractivity contribution is 9.10. The number of rotatable bonds is 1. The summed E-state index contributed by atoms with van der Waals surface area (Å²) in [5.41, 5.74) is 0.555. The molecule has 13 heavy (non-hydrogen) atoms. The molecule has 0 aliphatic heterocycles. The van der Waals surface area contributed by atoms with Crippen molar-refractivity contribution in [3.05, 3.63) is 27.2 Å². The molecule has 0 aliphatic carbocycles. The molecule has 0 aromatic heterocycles. The second-order valence-corrected chi connectivity index (χ2v) is 6.27. The maximum Gasteiger partial charge on any atom is 0.261 e. The summed E-state index contributed by atoms with van der Waals surface area (Å²) in [5.74, 6) is 0. The van der Waals surface area contributed by atoms with Crippen LogP contribution in [0.2, 0.25) is 5.02 Å². The Kier molecular flexibility index (Phi) is 3.28. The van der Waals surface area contributed by atoms with Crippen molar-refractivity contribution in [3.8, 4) is 0 Å². The zero-order valence-corrected chi connectivity index (χ0v) is 10.4. The normalized spacial score (nSPS) is 11.7. The zero-order valence-electron chi connectivity index (χ0n) is 6.51. The summed E-state index contributed by atoms with van der Waals surface area (Å²) in [6.07, 6.45) is 0. The van der Waals surface area contributed by atoms with Gasteiger partial charge in [0.1, 0.15) is 0 Å². The van der Waals surface area contributed by atoms with Gasteiger partial charge in [-0.25, -0.2) is 8.42 Å². The van der Waals surface area contributed by atoms with E-state index in [1.807, 2.05) is 0 Å². The fraction of sp³-hybridized carbons (Fsp3) is 0.143. The van der Waals surface area contributed by atoms with Crippen molar-refractivity contribution in [2.45, 2.75) is 11.8 Å². The van der Waals surface area contributed by atoms with E-state index in [-0.39, 0.29) is 4.90 Å². The lowest BCUT2D eigenvalue weighted by molar-refractivity contribution is 0.609. The van der Waals surface area contributed by atoms with E-state index in [4.69, 9.17) is 22.3 Å². The third kappa shape index (κ3) is 2.59. The average molecular weight is 304 g/mol. The molecule has 0 aliphatic rings. The van der Waals surface area contributed by atoms with Crippen LogP contribution in [0.4, 0.5) is 0 Å². The first-order chi connectivity index (χ1) is 5.82. The molecule has 0 fully saturated rings. The van der Waals surface area contributed by atoms with Crippen molar-refractivity contribution >= 4 is 47.3 Å². The molecule has 0 unspecified atom stereocenters. The molecular weight excluding hydrogens is 299 g/mol. The quantitative estimate of drug-likeness (QED) is 0.746. The van der Waals surface area contributed by atoms with Gasteiger partial charge in [-0.15, -0.1) is 0 Å². The predicted octanol–water partition coefficient (Wildman–Crippen LogP) is 3.34. The zero-order chi connectivity index (χ0) is 10.2. The number of benzene rings is 1. The summed E-state index contributed by atoms with van der Waals surface area (Å²) in [4.78, 5) is 0.0357. The highest BCUT2D eigenvalue weighted by atomic mass is 79.9. The predicted molar refractivity (Wildman–Crippen MR) is 56.9 cm³/mol. The maximum absolute atomic E-state index is 11.0. The molecule has 1 aromatic rings. The molecule has 72 valence electrons. The van der Waals surface area contributed by atoms with Gasteiger partial charge in [-0.05, 0) is 24.6 Å². The molecule has 0 saturated heterocycles. The Bertz CT molecular complexity index is 442. The van der Waals surface area contributed by atoms with Gasteiger partial charge in [-0.2, -0.15) is 0 Å². The maximum atomic E-state index is 11.0. The van der Waals surface area contributed by atoms with E-state index in [0.717, 1.165) is 0 Å². The average Bonchev–Trinajstić information content (AvgIpc) is 1.94. The van der Waals surface area contributed by atoms with Crippen LogP contribution in [0, 0.1) is 6.92 Å². The molecule has 0 amide bonds. The van der Waals surface area contributed by atoms with Gasteiger partial charge in [0.25, 0.3) is 9.05 Å². The van der Waals surface area contributed by atoms with Gasteiger partial charge >= 0.3 is 0 Å². The summed E-state index contributed by atoms with van der Waals surface area (Å²) >= 11 is 8.86. The summed E-state index contributed by atoms with van der Waals surface area (Å²) < 4.78 is 22.7. The molecule has 1 rings (SSSR count). The van der Waals surface area contributed by atoms with Crippen LogP contribution in [-0.4, -0.2) is 8.42 Å². The Balaban J connectivity index is 3.56. The van der Waals surface area contributed by atoms with Gasteiger partial charge in [0.2, 0.25) is 0 Å². The van der Waals surface area contributed by atoms with Crippen LogP contribution in [0.15, 0.2) is 21.5 Å². The van der Waals surface area contributed by atoms with Gasteiger partial charge in [0.15, 0.2) is 0 Å². The minimum Gasteiger partial charge on any atom is -0.207 e. The highest BCUT2D eigenvalue weighted by Crippen LogP contribution is 2.29. The van der Waals surface area contributed by atoms with Crippen molar-refractivity contribution in [2.24, 2.45) is 0 Å². The first-order valence-corrected chi connectivity index (χ1v) is 6.70. The lowest BCUT2D eigenvalue weighted by Gasteiger charge is -2.04. The molecule has 0 bridgehead atoms. The van der Waals surface area contributed by atoms with Crippen LogP contribution in [0.5, 0.6) is 0 Å². The fourth-order valence-electron chi connectivity index (χ4n) is 0.875. The van der Waals surface area contributed by atoms with E-state index >= 15 is 0 Å². The first kappa shape index (κ1) is 11.3. The Morgan fingerprint density at radius 3 is 2.38 bits per heavy atom. The number of hydrogen-bond donors (Lipinski definition) is 0. The molecule has 0 saturated carbocycles. The number of halogens is 3. The van der Waals surface area contributed by atoms with E-state index in [0.29, 0.717) is 15.1 Å². The summed E-state index contributed by atoms with van der Waals surface area (Å²) in [5, 5.41) is 0.330. The van der Waals surface area contributed by atoms with E-state index in [2.05, 4.69) is 15.9 Å². The summed E-state index contributed by atoms with van der Waals surface area (Å²) in [7, 11) is 1.48. The third-order valence-electron chi connectivity index (χ3n) is 1.52. The van der Waals surface area contributed by atoms with Gasteiger partial charge in [0, 0.05) is 20.2 Å². The minimum atomic E-state index is -3.72. The Hall–Kier alpha value is 0.230. The van der Waals surface area contributed by atoms with Crippen molar-refractivity contribution in [3.63, 3.8) is 0 Å². The van der Waals surface area contributed by atoms with Gasteiger partial charge in [0.05, 0.1) is 4.90 Å².